The van der Waals surface area contributed by atoms with Crippen LogP contribution in [0, 0.1) is 25.7 Å². The number of carbonyl (C=O) groups excluding carboxylic acids is 1. The van der Waals surface area contributed by atoms with Crippen LogP contribution in [-0.4, -0.2) is 62.9 Å². The molecule has 4 heterocycles. The third-order valence-corrected chi connectivity index (χ3v) is 6.47. The minimum absolute atomic E-state index is 0.160. The molecule has 0 aliphatic carbocycles. The van der Waals surface area contributed by atoms with Crippen LogP contribution in [0.1, 0.15) is 21.7 Å². The van der Waals surface area contributed by atoms with Crippen molar-refractivity contribution in [2.24, 2.45) is 18.9 Å². The highest BCUT2D eigenvalue weighted by atomic mass is 16.1. The average molecular weight is 417 g/mol. The first-order valence-corrected chi connectivity index (χ1v) is 10.9. The minimum atomic E-state index is 0.160. The zero-order chi connectivity index (χ0) is 21.5. The maximum absolute atomic E-state index is 13.2. The highest BCUT2D eigenvalue weighted by Crippen LogP contribution is 2.33. The molecule has 2 unspecified atom stereocenters. The number of hydrogen-bond acceptors (Lipinski definition) is 6. The summed E-state index contributed by atoms with van der Waals surface area (Å²) in [5.74, 6) is 2.95. The van der Waals surface area contributed by atoms with E-state index < -0.39 is 0 Å². The summed E-state index contributed by atoms with van der Waals surface area (Å²) in [6, 6.07) is 9.81. The molecule has 7 heteroatoms. The van der Waals surface area contributed by atoms with Crippen LogP contribution >= 0.6 is 0 Å². The summed E-state index contributed by atoms with van der Waals surface area (Å²) in [6.45, 7) is 8.31. The summed E-state index contributed by atoms with van der Waals surface area (Å²) in [4.78, 5) is 31.5. The largest absolute Gasteiger partial charge is 0.340 e. The molecule has 1 aromatic carbocycles. The van der Waals surface area contributed by atoms with Crippen molar-refractivity contribution in [2.75, 3.05) is 37.6 Å². The van der Waals surface area contributed by atoms with Gasteiger partial charge in [0.1, 0.15) is 5.82 Å². The third kappa shape index (κ3) is 3.85. The number of aromatic nitrogens is 4. The fourth-order valence-electron chi connectivity index (χ4n) is 5.07. The summed E-state index contributed by atoms with van der Waals surface area (Å²) in [7, 11) is 1.95. The normalized spacial score (nSPS) is 20.9. The van der Waals surface area contributed by atoms with Crippen molar-refractivity contribution in [1.82, 2.24) is 24.4 Å². The van der Waals surface area contributed by atoms with E-state index in [0.29, 0.717) is 18.4 Å². The van der Waals surface area contributed by atoms with Gasteiger partial charge in [-0.25, -0.2) is 15.0 Å². The van der Waals surface area contributed by atoms with Gasteiger partial charge >= 0.3 is 0 Å². The average Bonchev–Trinajstić information content (AvgIpc) is 3.42. The van der Waals surface area contributed by atoms with Crippen LogP contribution in [0.15, 0.2) is 42.7 Å². The second kappa shape index (κ2) is 7.89. The first-order valence-electron chi connectivity index (χ1n) is 10.9. The topological polar surface area (TPSA) is 67.2 Å². The maximum Gasteiger partial charge on any atom is 0.225 e. The van der Waals surface area contributed by atoms with Crippen molar-refractivity contribution in [2.45, 2.75) is 13.8 Å². The van der Waals surface area contributed by atoms with E-state index in [-0.39, 0.29) is 5.78 Å². The summed E-state index contributed by atoms with van der Waals surface area (Å²) in [5, 5.41) is 0. The number of hydrogen-bond donors (Lipinski definition) is 0. The Balaban J connectivity index is 1.25. The molecule has 0 amide bonds. The van der Waals surface area contributed by atoms with Crippen molar-refractivity contribution in [3.63, 3.8) is 0 Å². The van der Waals surface area contributed by atoms with Gasteiger partial charge in [-0.1, -0.05) is 24.3 Å². The van der Waals surface area contributed by atoms with Crippen LogP contribution in [0.2, 0.25) is 0 Å². The molecule has 7 nitrogen and oxygen atoms in total. The highest BCUT2D eigenvalue weighted by molar-refractivity contribution is 6.03. The van der Waals surface area contributed by atoms with E-state index in [4.69, 9.17) is 0 Å². The fourth-order valence-corrected chi connectivity index (χ4v) is 5.07. The van der Waals surface area contributed by atoms with Gasteiger partial charge in [-0.2, -0.15) is 0 Å². The Morgan fingerprint density at radius 3 is 2.35 bits per heavy atom. The second-order valence-electron chi connectivity index (χ2n) is 8.90. The van der Waals surface area contributed by atoms with Crippen molar-refractivity contribution < 1.29 is 4.79 Å². The van der Waals surface area contributed by atoms with Crippen molar-refractivity contribution >= 4 is 11.7 Å². The SMILES string of the molecule is Cc1cc(C)nc(N2CC3CN(CC(=O)c4ccccc4-c4nccn4C)CC3C2)n1. The molecule has 0 bridgehead atoms. The molecule has 2 fully saturated rings. The van der Waals surface area contributed by atoms with Crippen LogP contribution < -0.4 is 4.90 Å². The lowest BCUT2D eigenvalue weighted by Gasteiger charge is -2.22. The number of rotatable bonds is 5. The first-order chi connectivity index (χ1) is 15.0. The number of anilines is 1. The van der Waals surface area contributed by atoms with Crippen molar-refractivity contribution in [3.8, 4) is 11.4 Å². The zero-order valence-corrected chi connectivity index (χ0v) is 18.3. The minimum Gasteiger partial charge on any atom is -0.340 e. The lowest BCUT2D eigenvalue weighted by Crippen LogP contribution is -2.33. The van der Waals surface area contributed by atoms with Crippen LogP contribution in [0.3, 0.4) is 0 Å². The summed E-state index contributed by atoms with van der Waals surface area (Å²) < 4.78 is 1.95. The number of carbonyl (C=O) groups is 1. The number of benzene rings is 1. The molecule has 2 saturated heterocycles. The molecule has 0 N–H and O–H groups in total. The lowest BCUT2D eigenvalue weighted by atomic mass is 10.0. The van der Waals surface area contributed by atoms with Gasteiger partial charge in [0.25, 0.3) is 0 Å². The highest BCUT2D eigenvalue weighted by Gasteiger charge is 2.41. The molecule has 3 aromatic rings. The molecular weight excluding hydrogens is 388 g/mol. The molecule has 0 spiro atoms. The Hall–Kier alpha value is -3.06. The Labute approximate surface area is 182 Å². The number of fused-ring (bicyclic) bond motifs is 1. The fraction of sp³-hybridized carbons (Fsp3) is 0.417. The number of imidazole rings is 1. The number of nitrogens with zero attached hydrogens (tertiary/aromatic N) is 6. The quantitative estimate of drug-likeness (QED) is 0.596. The van der Waals surface area contributed by atoms with E-state index >= 15 is 0 Å². The third-order valence-electron chi connectivity index (χ3n) is 6.47. The van der Waals surface area contributed by atoms with E-state index in [2.05, 4.69) is 24.8 Å². The van der Waals surface area contributed by atoms with Gasteiger partial charge < -0.3 is 9.47 Å². The van der Waals surface area contributed by atoms with Gasteiger partial charge in [0.15, 0.2) is 5.78 Å². The predicted molar refractivity (Wildman–Crippen MR) is 120 cm³/mol. The number of likely N-dealkylation sites (tertiary alicyclic amines) is 1. The lowest BCUT2D eigenvalue weighted by molar-refractivity contribution is 0.0942. The summed E-state index contributed by atoms with van der Waals surface area (Å²) in [5.41, 5.74) is 3.67. The van der Waals surface area contributed by atoms with E-state index in [1.165, 1.54) is 0 Å². The number of aryl methyl sites for hydroxylation is 3. The molecule has 160 valence electrons. The number of Topliss-reactive ketones (excluding diaryl/α,β-unsaturated/α-hetero) is 1. The van der Waals surface area contributed by atoms with Gasteiger partial charge in [0, 0.05) is 68.1 Å². The van der Waals surface area contributed by atoms with E-state index in [1.807, 2.05) is 62.0 Å². The van der Waals surface area contributed by atoms with Gasteiger partial charge in [0.05, 0.1) is 6.54 Å². The first kappa shape index (κ1) is 19.9. The molecule has 31 heavy (non-hydrogen) atoms. The van der Waals surface area contributed by atoms with Gasteiger partial charge in [-0.15, -0.1) is 0 Å². The standard InChI is InChI=1S/C24H28N6O/c1-16-10-17(2)27-24(26-16)30-13-18-11-29(12-19(18)14-30)15-22(31)20-6-4-5-7-21(20)23-25-8-9-28(23)3/h4-10,18-19H,11-15H2,1-3H3. The zero-order valence-electron chi connectivity index (χ0n) is 18.3. The molecule has 2 aliphatic rings. The Bertz CT molecular complexity index is 1090. The van der Waals surface area contributed by atoms with E-state index in [1.54, 1.807) is 6.20 Å². The molecular formula is C24H28N6O. The monoisotopic (exact) mass is 416 g/mol. The van der Waals surface area contributed by atoms with Crippen LogP contribution in [0.4, 0.5) is 5.95 Å². The van der Waals surface area contributed by atoms with Crippen molar-refractivity contribution in [3.05, 3.63) is 59.7 Å². The molecule has 2 aromatic heterocycles. The number of ketones is 1. The molecule has 5 rings (SSSR count). The maximum atomic E-state index is 13.2. The summed E-state index contributed by atoms with van der Waals surface area (Å²) in [6.07, 6.45) is 3.67. The predicted octanol–water partition coefficient (Wildman–Crippen LogP) is 2.74. The molecule has 0 radical (unpaired) electrons. The van der Waals surface area contributed by atoms with Gasteiger partial charge in [-0.05, 0) is 31.7 Å². The Morgan fingerprint density at radius 2 is 1.71 bits per heavy atom. The Kier molecular flexibility index (Phi) is 5.06. The second-order valence-corrected chi connectivity index (χ2v) is 8.90. The molecule has 0 saturated carbocycles. The van der Waals surface area contributed by atoms with Gasteiger partial charge in [-0.3, -0.25) is 9.69 Å². The summed E-state index contributed by atoms with van der Waals surface area (Å²) >= 11 is 0. The molecule has 2 aliphatic heterocycles. The van der Waals surface area contributed by atoms with E-state index in [0.717, 1.165) is 60.5 Å². The van der Waals surface area contributed by atoms with Crippen LogP contribution in [0.5, 0.6) is 0 Å². The van der Waals surface area contributed by atoms with Crippen LogP contribution in [-0.2, 0) is 7.05 Å². The van der Waals surface area contributed by atoms with Gasteiger partial charge in [0.2, 0.25) is 5.95 Å². The van der Waals surface area contributed by atoms with E-state index in [9.17, 15) is 4.79 Å². The van der Waals surface area contributed by atoms with Crippen molar-refractivity contribution in [1.29, 1.82) is 0 Å². The Morgan fingerprint density at radius 1 is 1.03 bits per heavy atom. The smallest absolute Gasteiger partial charge is 0.225 e. The van der Waals surface area contributed by atoms with Crippen LogP contribution in [0.25, 0.3) is 11.4 Å². The molecule has 2 atom stereocenters.